The van der Waals surface area contributed by atoms with Crippen LogP contribution in [0.2, 0.25) is 0 Å². The molecule has 0 spiro atoms. The van der Waals surface area contributed by atoms with Gasteiger partial charge in [0.15, 0.2) is 0 Å². The molecule has 22 heavy (non-hydrogen) atoms. The van der Waals surface area contributed by atoms with Crippen LogP contribution in [0.1, 0.15) is 72.6 Å². The van der Waals surface area contributed by atoms with Gasteiger partial charge in [-0.05, 0) is 38.1 Å². The average molecular weight is 313 g/mol. The summed E-state index contributed by atoms with van der Waals surface area (Å²) < 4.78 is 0. The van der Waals surface area contributed by atoms with E-state index in [4.69, 9.17) is 5.73 Å². The third kappa shape index (κ3) is 7.01. The number of unbranched alkanes of at least 4 members (excludes halogenated alkanes) is 1. The van der Waals surface area contributed by atoms with Crippen molar-refractivity contribution < 1.29 is 14.7 Å². The zero-order chi connectivity index (χ0) is 17.2. The van der Waals surface area contributed by atoms with Gasteiger partial charge in [-0.3, -0.25) is 4.79 Å². The lowest BCUT2D eigenvalue weighted by Crippen LogP contribution is -2.40. The fourth-order valence-corrected chi connectivity index (χ4v) is 3.03. The third-order valence-electron chi connectivity index (χ3n) is 4.60. The number of ketones is 1. The van der Waals surface area contributed by atoms with Crippen LogP contribution in [-0.4, -0.2) is 29.8 Å². The fourth-order valence-electron chi connectivity index (χ4n) is 3.03. The molecule has 0 fully saturated rings. The second-order valence-electron chi connectivity index (χ2n) is 7.10. The second kappa shape index (κ2) is 10.9. The lowest BCUT2D eigenvalue weighted by atomic mass is 9.72. The molecule has 0 unspecified atom stereocenters. The molecule has 0 aliphatic rings. The first-order chi connectivity index (χ1) is 10.3. The molecule has 0 amide bonds. The monoisotopic (exact) mass is 313 g/mol. The zero-order valence-corrected chi connectivity index (χ0v) is 14.8. The molecule has 0 aliphatic carbocycles. The maximum Gasteiger partial charge on any atom is 0.144 e. The van der Waals surface area contributed by atoms with E-state index in [2.05, 4.69) is 6.92 Å². The lowest BCUT2D eigenvalue weighted by molar-refractivity contribution is -0.137. The zero-order valence-electron chi connectivity index (χ0n) is 14.8. The molecule has 0 heterocycles. The van der Waals surface area contributed by atoms with Crippen LogP contribution < -0.4 is 5.73 Å². The van der Waals surface area contributed by atoms with E-state index in [-0.39, 0.29) is 17.6 Å². The van der Waals surface area contributed by atoms with Crippen molar-refractivity contribution in [3.63, 3.8) is 0 Å². The average Bonchev–Trinajstić information content (AvgIpc) is 2.48. The Kier molecular flexibility index (Phi) is 10.5. The van der Waals surface area contributed by atoms with Gasteiger partial charge in [0.1, 0.15) is 12.1 Å². The highest BCUT2D eigenvalue weighted by Gasteiger charge is 2.38. The molecule has 0 radical (unpaired) electrons. The van der Waals surface area contributed by atoms with E-state index in [1.165, 1.54) is 0 Å². The Morgan fingerprint density at radius 1 is 1.27 bits per heavy atom. The number of hydrogen-bond donors (Lipinski definition) is 2. The summed E-state index contributed by atoms with van der Waals surface area (Å²) in [5, 5.41) is 10.6. The quantitative estimate of drug-likeness (QED) is 0.404. The summed E-state index contributed by atoms with van der Waals surface area (Å²) in [7, 11) is 0. The highest BCUT2D eigenvalue weighted by Crippen LogP contribution is 2.33. The van der Waals surface area contributed by atoms with Gasteiger partial charge in [-0.25, -0.2) is 0 Å². The number of nitrogens with two attached hydrogens (primary N) is 1. The van der Waals surface area contributed by atoms with Crippen molar-refractivity contribution in [2.24, 2.45) is 23.0 Å². The van der Waals surface area contributed by atoms with Gasteiger partial charge < -0.3 is 15.6 Å². The van der Waals surface area contributed by atoms with Gasteiger partial charge in [0.25, 0.3) is 0 Å². The molecule has 4 heteroatoms. The molecule has 0 aromatic heterocycles. The minimum absolute atomic E-state index is 0.0850. The number of aliphatic hydroxyl groups is 1. The number of carbonyl (C=O) groups is 2. The molecule has 0 aliphatic heterocycles. The SMILES string of the molecule is CCC[C@H](C)[C@H](O)[C@@H](CCCCN)C(=O)C(C)(C)CCC=O. The maximum absolute atomic E-state index is 12.9. The summed E-state index contributed by atoms with van der Waals surface area (Å²) in [5.41, 5.74) is 4.97. The molecule has 0 aromatic carbocycles. The minimum atomic E-state index is -0.610. The van der Waals surface area contributed by atoms with Gasteiger partial charge in [0, 0.05) is 17.8 Å². The number of Topliss-reactive ketones (excluding diaryl/α,β-unsaturated/α-hetero) is 1. The Morgan fingerprint density at radius 3 is 2.41 bits per heavy atom. The van der Waals surface area contributed by atoms with Gasteiger partial charge in [0.05, 0.1) is 6.10 Å². The van der Waals surface area contributed by atoms with Crippen LogP contribution in [0.5, 0.6) is 0 Å². The van der Waals surface area contributed by atoms with Crippen LogP contribution in [0.25, 0.3) is 0 Å². The van der Waals surface area contributed by atoms with Crippen LogP contribution >= 0.6 is 0 Å². The van der Waals surface area contributed by atoms with E-state index in [0.29, 0.717) is 25.8 Å². The number of hydrogen-bond acceptors (Lipinski definition) is 4. The molecule has 3 atom stereocenters. The number of rotatable bonds is 13. The van der Waals surface area contributed by atoms with E-state index in [0.717, 1.165) is 32.0 Å². The van der Waals surface area contributed by atoms with Crippen molar-refractivity contribution in [2.45, 2.75) is 78.7 Å². The summed E-state index contributed by atoms with van der Waals surface area (Å²) in [6.07, 6.45) is 5.48. The minimum Gasteiger partial charge on any atom is -0.392 e. The van der Waals surface area contributed by atoms with Crippen LogP contribution in [0.15, 0.2) is 0 Å². The van der Waals surface area contributed by atoms with Crippen molar-refractivity contribution in [3.05, 3.63) is 0 Å². The molecule has 0 aromatic rings. The Morgan fingerprint density at radius 2 is 1.91 bits per heavy atom. The molecular formula is C18H35NO3. The van der Waals surface area contributed by atoms with E-state index >= 15 is 0 Å². The topological polar surface area (TPSA) is 80.4 Å². The number of carbonyl (C=O) groups excluding carboxylic acids is 2. The molecule has 4 nitrogen and oxygen atoms in total. The first kappa shape index (κ1) is 21.3. The molecule has 3 N–H and O–H groups in total. The summed E-state index contributed by atoms with van der Waals surface area (Å²) in [6, 6.07) is 0. The van der Waals surface area contributed by atoms with Crippen molar-refractivity contribution in [1.29, 1.82) is 0 Å². The summed E-state index contributed by atoms with van der Waals surface area (Å²) in [4.78, 5) is 23.5. The normalized spacial score (nSPS) is 16.1. The molecular weight excluding hydrogens is 278 g/mol. The van der Waals surface area contributed by atoms with Crippen molar-refractivity contribution in [1.82, 2.24) is 0 Å². The van der Waals surface area contributed by atoms with E-state index in [1.807, 2.05) is 20.8 Å². The van der Waals surface area contributed by atoms with Crippen LogP contribution in [0.3, 0.4) is 0 Å². The third-order valence-corrected chi connectivity index (χ3v) is 4.60. The number of aliphatic hydroxyl groups excluding tert-OH is 1. The van der Waals surface area contributed by atoms with Crippen LogP contribution in [0, 0.1) is 17.3 Å². The second-order valence-corrected chi connectivity index (χ2v) is 7.10. The van der Waals surface area contributed by atoms with Crippen molar-refractivity contribution in [3.8, 4) is 0 Å². The molecule has 0 rings (SSSR count). The Balaban J connectivity index is 5.02. The Bertz CT molecular complexity index is 328. The van der Waals surface area contributed by atoms with E-state index < -0.39 is 11.5 Å². The van der Waals surface area contributed by atoms with Gasteiger partial charge in [-0.1, -0.05) is 40.5 Å². The Hall–Kier alpha value is -0.740. The molecule has 0 bridgehead atoms. The highest BCUT2D eigenvalue weighted by atomic mass is 16.3. The summed E-state index contributed by atoms with van der Waals surface area (Å²) in [6.45, 7) is 8.46. The Labute approximate surface area is 135 Å². The van der Waals surface area contributed by atoms with E-state index in [9.17, 15) is 14.7 Å². The predicted molar refractivity (Wildman–Crippen MR) is 90.6 cm³/mol. The van der Waals surface area contributed by atoms with Crippen molar-refractivity contribution in [2.75, 3.05) is 6.54 Å². The largest absolute Gasteiger partial charge is 0.392 e. The standard InChI is InChI=1S/C18H35NO3/c1-5-9-14(2)16(21)15(10-6-7-12-19)17(22)18(3,4)11-8-13-20/h13-16,21H,5-12,19H2,1-4H3/t14-,15+,16-/m0/s1. The smallest absolute Gasteiger partial charge is 0.144 e. The van der Waals surface area contributed by atoms with Gasteiger partial charge in [-0.2, -0.15) is 0 Å². The first-order valence-corrected chi connectivity index (χ1v) is 8.67. The van der Waals surface area contributed by atoms with Crippen LogP contribution in [-0.2, 0) is 9.59 Å². The van der Waals surface area contributed by atoms with Gasteiger partial charge in [0.2, 0.25) is 0 Å². The maximum atomic E-state index is 12.9. The van der Waals surface area contributed by atoms with E-state index in [1.54, 1.807) is 0 Å². The summed E-state index contributed by atoms with van der Waals surface area (Å²) >= 11 is 0. The molecule has 0 saturated carbocycles. The van der Waals surface area contributed by atoms with Crippen LogP contribution in [0.4, 0.5) is 0 Å². The molecule has 0 saturated heterocycles. The summed E-state index contributed by atoms with van der Waals surface area (Å²) in [5.74, 6) is -0.157. The fraction of sp³-hybridized carbons (Fsp3) is 0.889. The number of aldehydes is 1. The predicted octanol–water partition coefficient (Wildman–Crippen LogP) is 3.10. The first-order valence-electron chi connectivity index (χ1n) is 8.67. The lowest BCUT2D eigenvalue weighted by Gasteiger charge is -2.33. The van der Waals surface area contributed by atoms with Crippen molar-refractivity contribution >= 4 is 12.1 Å². The van der Waals surface area contributed by atoms with Gasteiger partial charge in [-0.15, -0.1) is 0 Å². The highest BCUT2D eigenvalue weighted by molar-refractivity contribution is 5.87. The molecule has 130 valence electrons. The van der Waals surface area contributed by atoms with Gasteiger partial charge >= 0.3 is 0 Å².